The normalized spacial score (nSPS) is 21.1. The summed E-state index contributed by atoms with van der Waals surface area (Å²) < 4.78 is 19.0. The summed E-state index contributed by atoms with van der Waals surface area (Å²) in [4.78, 5) is 14.1. The number of halogens is 1. The Morgan fingerprint density at radius 2 is 2.18 bits per heavy atom. The van der Waals surface area contributed by atoms with Gasteiger partial charge in [0.15, 0.2) is 0 Å². The van der Waals surface area contributed by atoms with E-state index in [9.17, 15) is 9.18 Å². The Labute approximate surface area is 131 Å². The minimum atomic E-state index is -0.237. The zero-order chi connectivity index (χ0) is 15.9. The third-order valence-electron chi connectivity index (χ3n) is 4.09. The third-order valence-corrected chi connectivity index (χ3v) is 4.09. The standard InChI is InChI=1S/C17H25FN2O2/c1-13-11-16(14-7-3-4-8-15(14)18)20(12-13)17(21)19-9-5-6-10-22-2/h3-4,7-8,13,16H,5-6,9-12H2,1-2H3,(H,19,21)/t13-,16+/m0/s1. The van der Waals surface area contributed by atoms with Gasteiger partial charge in [0.05, 0.1) is 6.04 Å². The van der Waals surface area contributed by atoms with E-state index in [1.165, 1.54) is 6.07 Å². The van der Waals surface area contributed by atoms with Crippen LogP contribution in [0.1, 0.15) is 37.8 Å². The minimum Gasteiger partial charge on any atom is -0.385 e. The van der Waals surface area contributed by atoms with Gasteiger partial charge >= 0.3 is 6.03 Å². The Balaban J connectivity index is 1.96. The van der Waals surface area contributed by atoms with Crippen LogP contribution >= 0.6 is 0 Å². The molecule has 1 heterocycles. The molecule has 0 saturated carbocycles. The van der Waals surface area contributed by atoms with Crippen LogP contribution in [0.4, 0.5) is 9.18 Å². The van der Waals surface area contributed by atoms with Gasteiger partial charge in [-0.05, 0) is 31.2 Å². The van der Waals surface area contributed by atoms with E-state index >= 15 is 0 Å². The number of likely N-dealkylation sites (tertiary alicyclic amines) is 1. The van der Waals surface area contributed by atoms with Crippen molar-refractivity contribution < 1.29 is 13.9 Å². The SMILES string of the molecule is COCCCCNC(=O)N1C[C@@H](C)C[C@@H]1c1ccccc1F. The number of urea groups is 1. The van der Waals surface area contributed by atoms with Gasteiger partial charge < -0.3 is 15.0 Å². The third kappa shape index (κ3) is 4.19. The molecule has 0 aliphatic carbocycles. The Morgan fingerprint density at radius 1 is 1.41 bits per heavy atom. The first-order chi connectivity index (χ1) is 10.6. The molecule has 2 amide bonds. The number of unbranched alkanes of at least 4 members (excludes halogenated alkanes) is 1. The number of benzene rings is 1. The maximum atomic E-state index is 14.0. The highest BCUT2D eigenvalue weighted by Gasteiger charge is 2.35. The van der Waals surface area contributed by atoms with Gasteiger partial charge in [0.2, 0.25) is 0 Å². The van der Waals surface area contributed by atoms with Crippen LogP contribution in [0.15, 0.2) is 24.3 Å². The van der Waals surface area contributed by atoms with E-state index in [2.05, 4.69) is 12.2 Å². The summed E-state index contributed by atoms with van der Waals surface area (Å²) in [5.41, 5.74) is 0.612. The van der Waals surface area contributed by atoms with Gasteiger partial charge in [0, 0.05) is 32.4 Å². The van der Waals surface area contributed by atoms with Crippen molar-refractivity contribution in [2.45, 2.75) is 32.2 Å². The van der Waals surface area contributed by atoms with E-state index in [1.54, 1.807) is 24.1 Å². The lowest BCUT2D eigenvalue weighted by Gasteiger charge is -2.25. The zero-order valence-electron chi connectivity index (χ0n) is 13.3. The molecule has 1 fully saturated rings. The summed E-state index contributed by atoms with van der Waals surface area (Å²) in [6, 6.07) is 6.46. The molecule has 4 nitrogen and oxygen atoms in total. The van der Waals surface area contributed by atoms with Crippen molar-refractivity contribution in [1.29, 1.82) is 0 Å². The summed E-state index contributed by atoms with van der Waals surface area (Å²) in [6.45, 7) is 4.09. The Morgan fingerprint density at radius 3 is 2.91 bits per heavy atom. The summed E-state index contributed by atoms with van der Waals surface area (Å²) in [6.07, 6.45) is 2.61. The van der Waals surface area contributed by atoms with Crippen LogP contribution in [0.5, 0.6) is 0 Å². The number of nitrogens with zero attached hydrogens (tertiary/aromatic N) is 1. The van der Waals surface area contributed by atoms with E-state index in [1.807, 2.05) is 6.07 Å². The molecule has 1 saturated heterocycles. The topological polar surface area (TPSA) is 41.6 Å². The molecule has 122 valence electrons. The average molecular weight is 308 g/mol. The Hall–Kier alpha value is -1.62. The lowest BCUT2D eigenvalue weighted by atomic mass is 10.0. The van der Waals surface area contributed by atoms with E-state index in [0.717, 1.165) is 19.3 Å². The van der Waals surface area contributed by atoms with Gasteiger partial charge in [-0.1, -0.05) is 25.1 Å². The number of amides is 2. The van der Waals surface area contributed by atoms with E-state index < -0.39 is 0 Å². The van der Waals surface area contributed by atoms with Gasteiger partial charge in [-0.25, -0.2) is 9.18 Å². The van der Waals surface area contributed by atoms with E-state index in [-0.39, 0.29) is 17.9 Å². The minimum absolute atomic E-state index is 0.102. The second kappa shape index (κ2) is 8.13. The van der Waals surface area contributed by atoms with Gasteiger partial charge in [-0.15, -0.1) is 0 Å². The first-order valence-electron chi connectivity index (χ1n) is 7.91. The van der Waals surface area contributed by atoms with Crippen molar-refractivity contribution in [2.75, 3.05) is 26.8 Å². The van der Waals surface area contributed by atoms with Crippen LogP contribution in [0, 0.1) is 11.7 Å². The first-order valence-corrected chi connectivity index (χ1v) is 7.91. The molecule has 1 aliphatic heterocycles. The van der Waals surface area contributed by atoms with Crippen LogP contribution < -0.4 is 5.32 Å². The average Bonchev–Trinajstić information content (AvgIpc) is 2.89. The van der Waals surface area contributed by atoms with E-state index in [0.29, 0.717) is 31.2 Å². The molecule has 1 aromatic rings. The lowest BCUT2D eigenvalue weighted by molar-refractivity contribution is 0.185. The second-order valence-corrected chi connectivity index (χ2v) is 5.96. The maximum absolute atomic E-state index is 14.0. The van der Waals surface area contributed by atoms with Crippen molar-refractivity contribution in [3.8, 4) is 0 Å². The fraction of sp³-hybridized carbons (Fsp3) is 0.588. The molecule has 0 radical (unpaired) electrons. The molecular weight excluding hydrogens is 283 g/mol. The predicted molar refractivity (Wildman–Crippen MR) is 84.1 cm³/mol. The molecule has 0 bridgehead atoms. The van der Waals surface area contributed by atoms with Gasteiger partial charge in [0.1, 0.15) is 5.82 Å². The monoisotopic (exact) mass is 308 g/mol. The second-order valence-electron chi connectivity index (χ2n) is 5.96. The lowest BCUT2D eigenvalue weighted by Crippen LogP contribution is -2.40. The maximum Gasteiger partial charge on any atom is 0.317 e. The molecule has 5 heteroatoms. The smallest absolute Gasteiger partial charge is 0.317 e. The molecule has 0 spiro atoms. The number of rotatable bonds is 6. The van der Waals surface area contributed by atoms with Gasteiger partial charge in [0.25, 0.3) is 0 Å². The molecule has 2 rings (SSSR count). The Kier molecular flexibility index (Phi) is 6.19. The molecule has 2 atom stereocenters. The van der Waals surface area contributed by atoms with Crippen molar-refractivity contribution in [3.63, 3.8) is 0 Å². The number of hydrogen-bond donors (Lipinski definition) is 1. The number of carbonyl (C=O) groups is 1. The number of carbonyl (C=O) groups excluding carboxylic acids is 1. The number of hydrogen-bond acceptors (Lipinski definition) is 2. The van der Waals surface area contributed by atoms with Crippen LogP contribution in [0.25, 0.3) is 0 Å². The van der Waals surface area contributed by atoms with Crippen molar-refractivity contribution in [3.05, 3.63) is 35.6 Å². The molecule has 1 N–H and O–H groups in total. The summed E-state index contributed by atoms with van der Waals surface area (Å²) in [7, 11) is 1.67. The summed E-state index contributed by atoms with van der Waals surface area (Å²) in [5, 5.41) is 2.93. The van der Waals surface area contributed by atoms with Crippen molar-refractivity contribution in [2.24, 2.45) is 5.92 Å². The van der Waals surface area contributed by atoms with Gasteiger partial charge in [-0.2, -0.15) is 0 Å². The van der Waals surface area contributed by atoms with Crippen molar-refractivity contribution in [1.82, 2.24) is 10.2 Å². The predicted octanol–water partition coefficient (Wildman–Crippen LogP) is 3.34. The molecule has 22 heavy (non-hydrogen) atoms. The highest BCUT2D eigenvalue weighted by atomic mass is 19.1. The molecule has 0 aromatic heterocycles. The van der Waals surface area contributed by atoms with Crippen LogP contribution in [0.3, 0.4) is 0 Å². The zero-order valence-corrected chi connectivity index (χ0v) is 13.3. The highest BCUT2D eigenvalue weighted by molar-refractivity contribution is 5.75. The van der Waals surface area contributed by atoms with E-state index in [4.69, 9.17) is 4.74 Å². The number of methoxy groups -OCH3 is 1. The molecule has 1 aliphatic rings. The van der Waals surface area contributed by atoms with Gasteiger partial charge in [-0.3, -0.25) is 0 Å². The largest absolute Gasteiger partial charge is 0.385 e. The Bertz CT molecular complexity index is 495. The fourth-order valence-corrected chi connectivity index (χ4v) is 2.98. The molecule has 0 unspecified atom stereocenters. The molecule has 1 aromatic carbocycles. The quantitative estimate of drug-likeness (QED) is 0.819. The van der Waals surface area contributed by atoms with Crippen LogP contribution in [-0.4, -0.2) is 37.7 Å². The first kappa shape index (κ1) is 16.7. The number of nitrogens with one attached hydrogen (secondary N) is 1. The number of ether oxygens (including phenoxy) is 1. The summed E-state index contributed by atoms with van der Waals surface area (Å²) >= 11 is 0. The van der Waals surface area contributed by atoms with Crippen molar-refractivity contribution >= 4 is 6.03 Å². The fourth-order valence-electron chi connectivity index (χ4n) is 2.98. The van der Waals surface area contributed by atoms with Crippen LogP contribution in [-0.2, 0) is 4.74 Å². The summed E-state index contributed by atoms with van der Waals surface area (Å²) in [5.74, 6) is 0.142. The molecular formula is C17H25FN2O2. The highest BCUT2D eigenvalue weighted by Crippen LogP contribution is 2.36. The van der Waals surface area contributed by atoms with Crippen LogP contribution in [0.2, 0.25) is 0 Å².